The van der Waals surface area contributed by atoms with Crippen LogP contribution in [0.25, 0.3) is 5.69 Å². The second kappa shape index (κ2) is 9.76. The van der Waals surface area contributed by atoms with Crippen molar-refractivity contribution in [2.45, 2.75) is 58.6 Å². The van der Waals surface area contributed by atoms with Gasteiger partial charge >= 0.3 is 6.09 Å². The number of anilines is 1. The average Bonchev–Trinajstić information content (AvgIpc) is 3.19. The van der Waals surface area contributed by atoms with Gasteiger partial charge in [-0.2, -0.15) is 0 Å². The van der Waals surface area contributed by atoms with Crippen LogP contribution in [-0.2, 0) is 22.4 Å². The van der Waals surface area contributed by atoms with Crippen LogP contribution >= 0.6 is 0 Å². The van der Waals surface area contributed by atoms with E-state index in [2.05, 4.69) is 41.3 Å². The summed E-state index contributed by atoms with van der Waals surface area (Å²) in [5, 5.41) is 5.11. The van der Waals surface area contributed by atoms with Crippen LogP contribution in [0.5, 0.6) is 0 Å². The summed E-state index contributed by atoms with van der Waals surface area (Å²) in [4.78, 5) is 31.6. The minimum atomic E-state index is -0.613. The fourth-order valence-electron chi connectivity index (χ4n) is 4.99. The maximum Gasteiger partial charge on any atom is 0.410 e. The molecule has 0 spiro atoms. The second-order valence-electron chi connectivity index (χ2n) is 10.3. The lowest BCUT2D eigenvalue weighted by Gasteiger charge is -2.41. The number of hydrogen-bond acceptors (Lipinski definition) is 5. The van der Waals surface area contributed by atoms with E-state index < -0.39 is 5.60 Å². The highest BCUT2D eigenvalue weighted by Crippen LogP contribution is 2.40. The van der Waals surface area contributed by atoms with Gasteiger partial charge in [-0.05, 0) is 44.9 Å². The van der Waals surface area contributed by atoms with Gasteiger partial charge in [-0.15, -0.1) is 5.10 Å². The summed E-state index contributed by atoms with van der Waals surface area (Å²) in [6, 6.07) is 8.03. The molecule has 2 aromatic rings. The molecule has 0 N–H and O–H groups in total. The van der Waals surface area contributed by atoms with Crippen LogP contribution in [0.4, 0.5) is 10.6 Å². The summed E-state index contributed by atoms with van der Waals surface area (Å²) in [6.07, 6.45) is 3.63. The molecule has 0 saturated heterocycles. The molecule has 8 nitrogen and oxygen atoms in total. The van der Waals surface area contributed by atoms with E-state index in [9.17, 15) is 9.59 Å². The Labute approximate surface area is 208 Å². The van der Waals surface area contributed by atoms with E-state index in [1.165, 1.54) is 11.6 Å². The lowest BCUT2D eigenvalue weighted by molar-refractivity contribution is -0.127. The molecule has 0 unspecified atom stereocenters. The molecule has 0 radical (unpaired) electrons. The Hall–Kier alpha value is -3.29. The summed E-state index contributed by atoms with van der Waals surface area (Å²) < 4.78 is 7.84. The summed E-state index contributed by atoms with van der Waals surface area (Å²) in [5.41, 5.74) is 3.80. The van der Waals surface area contributed by atoms with E-state index in [-0.39, 0.29) is 18.0 Å². The first-order valence-electron chi connectivity index (χ1n) is 12.5. The first kappa shape index (κ1) is 24.8. The number of amides is 2. The molecule has 188 valence electrons. The van der Waals surface area contributed by atoms with Crippen LogP contribution in [-0.4, -0.2) is 70.4 Å². The Morgan fingerprint density at radius 2 is 1.94 bits per heavy atom. The first-order valence-corrected chi connectivity index (χ1v) is 12.5. The zero-order chi connectivity index (χ0) is 25.3. The lowest BCUT2D eigenvalue weighted by Crippen LogP contribution is -2.50. The molecule has 2 amide bonds. The van der Waals surface area contributed by atoms with Gasteiger partial charge < -0.3 is 14.5 Å². The zero-order valence-electron chi connectivity index (χ0n) is 21.6. The molecular weight excluding hydrogens is 442 g/mol. The first-order chi connectivity index (χ1) is 16.6. The van der Waals surface area contributed by atoms with E-state index in [1.807, 2.05) is 33.9 Å². The smallest absolute Gasteiger partial charge is 0.410 e. The van der Waals surface area contributed by atoms with Crippen molar-refractivity contribution in [3.05, 3.63) is 53.7 Å². The number of aromatic nitrogens is 2. The fraction of sp³-hybridized carbons (Fsp3) is 0.519. The van der Waals surface area contributed by atoms with Crippen molar-refractivity contribution >= 4 is 17.8 Å². The predicted molar refractivity (Wildman–Crippen MR) is 137 cm³/mol. The molecule has 0 saturated carbocycles. The number of carbonyl (C=O) groups excluding carboxylic acids is 2. The normalized spacial score (nSPS) is 18.0. The van der Waals surface area contributed by atoms with Crippen molar-refractivity contribution in [2.75, 3.05) is 38.1 Å². The quantitative estimate of drug-likeness (QED) is 0.617. The maximum atomic E-state index is 13.3. The largest absolute Gasteiger partial charge is 0.444 e. The predicted octanol–water partition coefficient (Wildman–Crippen LogP) is 4.12. The molecule has 2 aliphatic rings. The van der Waals surface area contributed by atoms with Crippen LogP contribution in [0.3, 0.4) is 0 Å². The molecule has 2 aliphatic heterocycles. The minimum absolute atomic E-state index is 0.140. The number of rotatable bonds is 4. The van der Waals surface area contributed by atoms with Crippen molar-refractivity contribution in [3.63, 3.8) is 0 Å². The topological polar surface area (TPSA) is 70.9 Å². The van der Waals surface area contributed by atoms with Gasteiger partial charge in [-0.25, -0.2) is 9.48 Å². The van der Waals surface area contributed by atoms with Crippen LogP contribution in [0, 0.1) is 0 Å². The number of benzene rings is 1. The van der Waals surface area contributed by atoms with Crippen LogP contribution in [0.2, 0.25) is 0 Å². The highest BCUT2D eigenvalue weighted by atomic mass is 16.6. The molecule has 1 aromatic heterocycles. The molecule has 4 rings (SSSR count). The molecule has 1 aromatic carbocycles. The highest BCUT2D eigenvalue weighted by molar-refractivity contribution is 5.87. The Morgan fingerprint density at radius 1 is 1.20 bits per heavy atom. The minimum Gasteiger partial charge on any atom is -0.444 e. The molecule has 3 heterocycles. The van der Waals surface area contributed by atoms with E-state index in [1.54, 1.807) is 9.80 Å². The second-order valence-corrected chi connectivity index (χ2v) is 10.3. The Balaban J connectivity index is 1.87. The Bertz CT molecular complexity index is 1120. The standard InChI is InChI=1S/C27H37N5O3/c1-7-11-19-12-9-10-13-20(19)32-21-14-15-31(26(34)35-27(3,4)5)22-18-30(23(33)8-2)17-16-29(6)25(28-32)24(21)22/h8-10,12-13,22H,2,7,11,14-18H2,1,3-6H3/t22-/m0/s1. The maximum absolute atomic E-state index is 13.3. The van der Waals surface area contributed by atoms with Crippen molar-refractivity contribution in [1.29, 1.82) is 0 Å². The molecule has 0 aliphatic carbocycles. The average molecular weight is 480 g/mol. The summed E-state index contributed by atoms with van der Waals surface area (Å²) in [6.45, 7) is 13.5. The number of ether oxygens (including phenoxy) is 1. The summed E-state index contributed by atoms with van der Waals surface area (Å²) in [7, 11) is 2.00. The molecule has 0 fully saturated rings. The molecular formula is C27H37N5O3. The van der Waals surface area contributed by atoms with Crippen LogP contribution < -0.4 is 4.90 Å². The number of nitrogens with zero attached hydrogens (tertiary/aromatic N) is 5. The SMILES string of the molecule is C=CC(=O)N1CCN(C)c2nn(-c3ccccc3CCC)c3c2[C@H](C1)N(C(=O)OC(C)(C)C)CC3. The Kier molecular flexibility index (Phi) is 6.92. The summed E-state index contributed by atoms with van der Waals surface area (Å²) in [5.74, 6) is 0.717. The van der Waals surface area contributed by atoms with Gasteiger partial charge in [0.2, 0.25) is 5.91 Å². The van der Waals surface area contributed by atoms with E-state index >= 15 is 0 Å². The third-order valence-electron chi connectivity index (χ3n) is 6.61. The number of carbonyl (C=O) groups is 2. The van der Waals surface area contributed by atoms with Crippen LogP contribution in [0.15, 0.2) is 36.9 Å². The van der Waals surface area contributed by atoms with E-state index in [0.717, 1.165) is 35.6 Å². The molecule has 1 atom stereocenters. The van der Waals surface area contributed by atoms with Gasteiger partial charge in [0.1, 0.15) is 5.60 Å². The number of para-hydroxylation sites is 1. The van der Waals surface area contributed by atoms with Crippen molar-refractivity contribution in [3.8, 4) is 5.69 Å². The van der Waals surface area contributed by atoms with Crippen molar-refractivity contribution in [2.24, 2.45) is 0 Å². The molecule has 35 heavy (non-hydrogen) atoms. The van der Waals surface area contributed by atoms with Gasteiger partial charge in [-0.1, -0.05) is 38.1 Å². The van der Waals surface area contributed by atoms with E-state index in [4.69, 9.17) is 9.84 Å². The third kappa shape index (κ3) is 4.92. The van der Waals surface area contributed by atoms with E-state index in [0.29, 0.717) is 32.6 Å². The monoisotopic (exact) mass is 479 g/mol. The fourth-order valence-corrected chi connectivity index (χ4v) is 4.99. The van der Waals surface area contributed by atoms with Crippen molar-refractivity contribution < 1.29 is 14.3 Å². The lowest BCUT2D eigenvalue weighted by atomic mass is 9.96. The third-order valence-corrected chi connectivity index (χ3v) is 6.61. The summed E-state index contributed by atoms with van der Waals surface area (Å²) >= 11 is 0. The van der Waals surface area contributed by atoms with Gasteiger partial charge in [0.05, 0.1) is 17.4 Å². The van der Waals surface area contributed by atoms with Gasteiger partial charge in [-0.3, -0.25) is 9.69 Å². The molecule has 8 heteroatoms. The van der Waals surface area contributed by atoms with Gasteiger partial charge in [0.25, 0.3) is 0 Å². The number of aryl methyl sites for hydroxylation is 1. The van der Waals surface area contributed by atoms with Crippen molar-refractivity contribution in [1.82, 2.24) is 19.6 Å². The van der Waals surface area contributed by atoms with Gasteiger partial charge in [0, 0.05) is 45.2 Å². The van der Waals surface area contributed by atoms with Gasteiger partial charge in [0.15, 0.2) is 5.82 Å². The Morgan fingerprint density at radius 3 is 2.63 bits per heavy atom. The highest BCUT2D eigenvalue weighted by Gasteiger charge is 2.41. The molecule has 0 bridgehead atoms. The zero-order valence-corrected chi connectivity index (χ0v) is 21.6. The van der Waals surface area contributed by atoms with Crippen LogP contribution in [0.1, 0.15) is 57.0 Å². The number of likely N-dealkylation sites (N-methyl/N-ethyl adjacent to an activating group) is 1. The number of hydrogen-bond donors (Lipinski definition) is 0.